The van der Waals surface area contributed by atoms with Crippen molar-refractivity contribution < 1.29 is 4.42 Å². The van der Waals surface area contributed by atoms with Gasteiger partial charge < -0.3 is 9.23 Å². The van der Waals surface area contributed by atoms with Crippen molar-refractivity contribution in [2.75, 3.05) is 9.71 Å². The number of rotatable bonds is 3. The summed E-state index contributed by atoms with van der Waals surface area (Å²) in [4.78, 5) is 4.76. The van der Waals surface area contributed by atoms with Crippen LogP contribution in [-0.4, -0.2) is 6.85 Å². The van der Waals surface area contributed by atoms with Crippen molar-refractivity contribution in [1.82, 2.24) is 0 Å². The summed E-state index contributed by atoms with van der Waals surface area (Å²) < 4.78 is 6.99. The van der Waals surface area contributed by atoms with Crippen LogP contribution in [0.15, 0.2) is 144 Å². The van der Waals surface area contributed by atoms with Gasteiger partial charge in [-0.05, 0) is 41.9 Å². The molecule has 0 bridgehead atoms. The third-order valence-corrected chi connectivity index (χ3v) is 7.65. The Kier molecular flexibility index (Phi) is 4.62. The smallest absolute Gasteiger partial charge is 0.336 e. The van der Waals surface area contributed by atoms with E-state index in [4.69, 9.17) is 4.42 Å². The monoisotopic (exact) mass is 486 g/mol. The van der Waals surface area contributed by atoms with Crippen molar-refractivity contribution in [2.24, 2.45) is 0 Å². The Bertz CT molecular complexity index is 1780. The maximum Gasteiger partial charge on any atom is 0.336 e. The molecular weight excluding hydrogens is 463 g/mol. The first kappa shape index (κ1) is 21.2. The number of anilines is 5. The Hall–Kier alpha value is -4.96. The van der Waals surface area contributed by atoms with E-state index in [9.17, 15) is 0 Å². The van der Waals surface area contributed by atoms with E-state index in [-0.39, 0.29) is 6.85 Å². The zero-order chi connectivity index (χ0) is 25.1. The Morgan fingerprint density at radius 2 is 1.11 bits per heavy atom. The number of hydrogen-bond donors (Lipinski definition) is 0. The largest absolute Gasteiger partial charge is 0.440 e. The number of hydrogen-bond acceptors (Lipinski definition) is 3. The molecule has 0 saturated heterocycles. The van der Waals surface area contributed by atoms with Crippen LogP contribution in [0, 0.1) is 0 Å². The van der Waals surface area contributed by atoms with Crippen LogP contribution in [0.4, 0.5) is 28.6 Å². The molecule has 0 radical (unpaired) electrons. The minimum absolute atomic E-state index is 0.0327. The molecule has 2 aliphatic rings. The van der Waals surface area contributed by atoms with Gasteiger partial charge in [-0.25, -0.2) is 0 Å². The average Bonchev–Trinajstić information content (AvgIpc) is 3.39. The summed E-state index contributed by atoms with van der Waals surface area (Å²) in [6, 6.07) is 49.2. The van der Waals surface area contributed by atoms with E-state index in [0.717, 1.165) is 34.3 Å². The highest BCUT2D eigenvalue weighted by Gasteiger charge is 2.48. The zero-order valence-corrected chi connectivity index (χ0v) is 20.7. The van der Waals surface area contributed by atoms with Crippen molar-refractivity contribution in [3.05, 3.63) is 140 Å². The maximum absolute atomic E-state index is 6.99. The molecule has 0 aliphatic carbocycles. The maximum atomic E-state index is 6.99. The van der Waals surface area contributed by atoms with E-state index in [0.29, 0.717) is 0 Å². The molecule has 0 spiro atoms. The number of furan rings is 1. The minimum atomic E-state index is -0.0327. The molecule has 3 heterocycles. The highest BCUT2D eigenvalue weighted by Crippen LogP contribution is 2.50. The summed E-state index contributed by atoms with van der Waals surface area (Å²) in [7, 11) is 0. The first-order chi connectivity index (χ1) is 18.9. The molecule has 0 N–H and O–H groups in total. The lowest BCUT2D eigenvalue weighted by Crippen LogP contribution is -2.60. The normalized spacial score (nSPS) is 13.1. The SMILES string of the molecule is c1ccc(-c2oc3c4c2-c2ccccc2N(c2ccccc2)B4c2ccccc2N3c2ccccc2)cc1. The second-order valence-corrected chi connectivity index (χ2v) is 9.75. The number of nitrogens with zero attached hydrogens (tertiary/aromatic N) is 2. The van der Waals surface area contributed by atoms with Crippen molar-refractivity contribution in [3.8, 4) is 22.5 Å². The summed E-state index contributed by atoms with van der Waals surface area (Å²) in [5.41, 5.74) is 10.5. The van der Waals surface area contributed by atoms with Gasteiger partial charge in [-0.1, -0.05) is 103 Å². The lowest BCUT2D eigenvalue weighted by molar-refractivity contribution is 0.590. The standard InChI is InChI=1S/C34H23BN2O/c1-4-14-24(15-5-1)33-31-27-20-10-12-22-29(27)37(26-18-8-3-9-19-26)35-28-21-11-13-23-30(28)36(34(38-33)32(31)35)25-16-6-2-7-17-25/h1-23H. The molecular formula is C34H23BN2O. The van der Waals surface area contributed by atoms with Crippen molar-refractivity contribution in [1.29, 1.82) is 0 Å². The molecule has 1 aromatic heterocycles. The predicted molar refractivity (Wildman–Crippen MR) is 158 cm³/mol. The topological polar surface area (TPSA) is 19.6 Å². The summed E-state index contributed by atoms with van der Waals surface area (Å²) in [6.07, 6.45) is 0. The molecule has 38 heavy (non-hydrogen) atoms. The molecule has 8 rings (SSSR count). The van der Waals surface area contributed by atoms with Gasteiger partial charge in [0.25, 0.3) is 0 Å². The highest BCUT2D eigenvalue weighted by molar-refractivity contribution is 6.93. The van der Waals surface area contributed by atoms with E-state index in [2.05, 4.69) is 149 Å². The average molecular weight is 486 g/mol. The molecule has 0 unspecified atom stereocenters. The molecule has 178 valence electrons. The van der Waals surface area contributed by atoms with E-state index >= 15 is 0 Å². The van der Waals surface area contributed by atoms with Crippen LogP contribution < -0.4 is 20.6 Å². The second-order valence-electron chi connectivity index (χ2n) is 9.75. The fraction of sp³-hybridized carbons (Fsp3) is 0. The van der Waals surface area contributed by atoms with Gasteiger partial charge in [0.05, 0.1) is 0 Å². The van der Waals surface area contributed by atoms with Gasteiger partial charge in [-0.15, -0.1) is 0 Å². The lowest BCUT2D eigenvalue weighted by Gasteiger charge is -2.42. The van der Waals surface area contributed by atoms with Crippen molar-refractivity contribution in [2.45, 2.75) is 0 Å². The van der Waals surface area contributed by atoms with Crippen LogP contribution in [-0.2, 0) is 0 Å². The van der Waals surface area contributed by atoms with E-state index < -0.39 is 0 Å². The summed E-state index contributed by atoms with van der Waals surface area (Å²) in [6.45, 7) is -0.0327. The van der Waals surface area contributed by atoms with Crippen LogP contribution in [0.1, 0.15) is 0 Å². The first-order valence-corrected chi connectivity index (χ1v) is 13.0. The predicted octanol–water partition coefficient (Wildman–Crippen LogP) is 7.65. The summed E-state index contributed by atoms with van der Waals surface area (Å²) in [5.74, 6) is 1.79. The van der Waals surface area contributed by atoms with Gasteiger partial charge in [0, 0.05) is 44.9 Å². The highest BCUT2D eigenvalue weighted by atomic mass is 16.4. The third-order valence-electron chi connectivity index (χ3n) is 7.65. The second kappa shape index (κ2) is 8.29. The minimum Gasteiger partial charge on any atom is -0.440 e. The van der Waals surface area contributed by atoms with Gasteiger partial charge in [0.2, 0.25) is 5.88 Å². The number of para-hydroxylation sites is 4. The van der Waals surface area contributed by atoms with E-state index in [1.807, 2.05) is 0 Å². The molecule has 0 fully saturated rings. The molecule has 2 aliphatic heterocycles. The van der Waals surface area contributed by atoms with Gasteiger partial charge in [0.1, 0.15) is 5.76 Å². The molecule has 6 aromatic rings. The molecule has 3 nitrogen and oxygen atoms in total. The van der Waals surface area contributed by atoms with Crippen molar-refractivity contribution in [3.63, 3.8) is 0 Å². The van der Waals surface area contributed by atoms with Crippen molar-refractivity contribution >= 4 is 46.4 Å². The van der Waals surface area contributed by atoms with Crippen LogP contribution in [0.25, 0.3) is 22.5 Å². The molecule has 5 aromatic carbocycles. The summed E-state index contributed by atoms with van der Waals surface area (Å²) in [5, 5.41) is 0. The van der Waals surface area contributed by atoms with Crippen LogP contribution in [0.3, 0.4) is 0 Å². The van der Waals surface area contributed by atoms with Gasteiger partial charge >= 0.3 is 6.85 Å². The van der Waals surface area contributed by atoms with Crippen LogP contribution in [0.5, 0.6) is 0 Å². The Morgan fingerprint density at radius 3 is 1.84 bits per heavy atom. The van der Waals surface area contributed by atoms with Gasteiger partial charge in [-0.2, -0.15) is 0 Å². The van der Waals surface area contributed by atoms with Crippen LogP contribution in [0.2, 0.25) is 0 Å². The Morgan fingerprint density at radius 1 is 0.526 bits per heavy atom. The fourth-order valence-corrected chi connectivity index (χ4v) is 6.11. The number of fused-ring (bicyclic) bond motifs is 4. The van der Waals surface area contributed by atoms with E-state index in [1.165, 1.54) is 27.7 Å². The van der Waals surface area contributed by atoms with E-state index in [1.54, 1.807) is 0 Å². The lowest BCUT2D eigenvalue weighted by atomic mass is 9.44. The Balaban J connectivity index is 1.52. The third kappa shape index (κ3) is 2.98. The zero-order valence-electron chi connectivity index (χ0n) is 20.7. The molecule has 0 amide bonds. The molecule has 0 saturated carbocycles. The first-order valence-electron chi connectivity index (χ1n) is 13.0. The fourth-order valence-electron chi connectivity index (χ4n) is 6.11. The summed E-state index contributed by atoms with van der Waals surface area (Å²) >= 11 is 0. The van der Waals surface area contributed by atoms with Gasteiger partial charge in [0.15, 0.2) is 0 Å². The quantitative estimate of drug-likeness (QED) is 0.240. The van der Waals surface area contributed by atoms with Gasteiger partial charge in [-0.3, -0.25) is 4.90 Å². The number of benzene rings is 5. The Labute approximate surface area is 222 Å². The van der Waals surface area contributed by atoms with Crippen LogP contribution >= 0.6 is 0 Å². The molecule has 0 atom stereocenters. The molecule has 4 heteroatoms.